The molecule has 0 aromatic heterocycles. The molecule has 0 aliphatic carbocycles. The number of para-hydroxylation sites is 1. The molecule has 0 bridgehead atoms. The number of rotatable bonds is 2. The van der Waals surface area contributed by atoms with E-state index in [1.54, 1.807) is 18.2 Å². The van der Waals surface area contributed by atoms with E-state index in [0.29, 0.717) is 5.69 Å². The smallest absolute Gasteiger partial charge is 0.299 e. The molecule has 1 aliphatic heterocycles. The van der Waals surface area contributed by atoms with E-state index >= 15 is 0 Å². The van der Waals surface area contributed by atoms with Crippen LogP contribution in [0.25, 0.3) is 0 Å². The first kappa shape index (κ1) is 14.8. The fourth-order valence-electron chi connectivity index (χ4n) is 1.76. The molecule has 1 fully saturated rings. The molecule has 2 amide bonds. The zero-order chi connectivity index (χ0) is 12.6. The summed E-state index contributed by atoms with van der Waals surface area (Å²) in [5, 5.41) is 0. The first-order valence-corrected chi connectivity index (χ1v) is 5.01. The SMILES string of the molecule is CC(=O)C1C(=O)C(=O)N(c2ccccc2)C1=O.[Na+]. The van der Waals surface area contributed by atoms with Gasteiger partial charge in [-0.1, -0.05) is 18.2 Å². The number of hydrogen-bond donors (Lipinski definition) is 0. The number of carbonyl (C=O) groups excluding carboxylic acids is 4. The fraction of sp³-hybridized carbons (Fsp3) is 0.167. The Labute approximate surface area is 125 Å². The Balaban J connectivity index is 0.00000162. The Morgan fingerprint density at radius 2 is 1.67 bits per heavy atom. The molecule has 18 heavy (non-hydrogen) atoms. The molecule has 86 valence electrons. The van der Waals surface area contributed by atoms with Crippen LogP contribution in [0.1, 0.15) is 6.92 Å². The maximum Gasteiger partial charge on any atom is 1.00 e. The van der Waals surface area contributed by atoms with Crippen LogP contribution in [-0.4, -0.2) is 23.4 Å². The van der Waals surface area contributed by atoms with Crippen LogP contribution in [0.15, 0.2) is 30.3 Å². The van der Waals surface area contributed by atoms with Crippen LogP contribution in [0.3, 0.4) is 0 Å². The largest absolute Gasteiger partial charge is 1.00 e. The molecule has 0 spiro atoms. The minimum absolute atomic E-state index is 0. The second-order valence-electron chi connectivity index (χ2n) is 3.72. The molecule has 1 saturated heterocycles. The number of nitrogens with zero attached hydrogens (tertiary/aromatic N) is 1. The van der Waals surface area contributed by atoms with Gasteiger partial charge in [0.25, 0.3) is 5.91 Å². The van der Waals surface area contributed by atoms with Crippen molar-refractivity contribution in [3.8, 4) is 0 Å². The summed E-state index contributed by atoms with van der Waals surface area (Å²) in [5.74, 6) is -4.74. The molecule has 1 aromatic carbocycles. The van der Waals surface area contributed by atoms with Crippen molar-refractivity contribution in [3.05, 3.63) is 30.3 Å². The van der Waals surface area contributed by atoms with Gasteiger partial charge in [0.05, 0.1) is 5.69 Å². The van der Waals surface area contributed by atoms with Crippen LogP contribution >= 0.6 is 0 Å². The summed E-state index contributed by atoms with van der Waals surface area (Å²) in [5.41, 5.74) is 0.305. The Bertz CT molecular complexity index is 526. The Morgan fingerprint density at radius 3 is 2.11 bits per heavy atom. The first-order chi connectivity index (χ1) is 8.04. The number of imide groups is 1. The second-order valence-corrected chi connectivity index (χ2v) is 3.72. The van der Waals surface area contributed by atoms with Gasteiger partial charge in [-0.05, 0) is 19.1 Å². The monoisotopic (exact) mass is 254 g/mol. The van der Waals surface area contributed by atoms with Gasteiger partial charge in [-0.3, -0.25) is 19.2 Å². The van der Waals surface area contributed by atoms with Crippen molar-refractivity contribution in [2.75, 3.05) is 4.90 Å². The van der Waals surface area contributed by atoms with Crippen LogP contribution in [-0.2, 0) is 19.2 Å². The van der Waals surface area contributed by atoms with E-state index in [-0.39, 0.29) is 29.6 Å². The summed E-state index contributed by atoms with van der Waals surface area (Å²) in [7, 11) is 0. The van der Waals surface area contributed by atoms with E-state index in [1.807, 2.05) is 0 Å². The molecule has 0 saturated carbocycles. The maximum absolute atomic E-state index is 11.8. The van der Waals surface area contributed by atoms with Gasteiger partial charge in [0.15, 0.2) is 5.92 Å². The average molecular weight is 254 g/mol. The van der Waals surface area contributed by atoms with Crippen molar-refractivity contribution < 1.29 is 48.7 Å². The third kappa shape index (κ3) is 2.29. The number of ketones is 2. The number of benzene rings is 1. The van der Waals surface area contributed by atoms with Gasteiger partial charge >= 0.3 is 35.5 Å². The van der Waals surface area contributed by atoms with E-state index in [1.165, 1.54) is 12.1 Å². The quantitative estimate of drug-likeness (QED) is 0.250. The predicted molar refractivity (Wildman–Crippen MR) is 58.1 cm³/mol. The molecule has 6 heteroatoms. The van der Waals surface area contributed by atoms with E-state index in [2.05, 4.69) is 0 Å². The van der Waals surface area contributed by atoms with Crippen LogP contribution in [0.5, 0.6) is 0 Å². The second kappa shape index (κ2) is 5.56. The third-order valence-electron chi connectivity index (χ3n) is 2.56. The van der Waals surface area contributed by atoms with E-state index in [0.717, 1.165) is 11.8 Å². The number of carbonyl (C=O) groups is 4. The zero-order valence-corrected chi connectivity index (χ0v) is 12.0. The summed E-state index contributed by atoms with van der Waals surface area (Å²) in [6, 6.07) is 8.07. The molecular formula is C12H9NNaO4+. The average Bonchev–Trinajstić information content (AvgIpc) is 2.51. The fourth-order valence-corrected chi connectivity index (χ4v) is 1.76. The van der Waals surface area contributed by atoms with Crippen molar-refractivity contribution in [2.45, 2.75) is 6.92 Å². The summed E-state index contributed by atoms with van der Waals surface area (Å²) >= 11 is 0. The Hall–Kier alpha value is -1.30. The molecule has 5 nitrogen and oxygen atoms in total. The Kier molecular flexibility index (Phi) is 4.56. The van der Waals surface area contributed by atoms with Gasteiger partial charge in [0.1, 0.15) is 5.78 Å². The van der Waals surface area contributed by atoms with Crippen molar-refractivity contribution in [2.24, 2.45) is 5.92 Å². The normalized spacial score (nSPS) is 18.8. The predicted octanol–water partition coefficient (Wildman–Crippen LogP) is -2.66. The first-order valence-electron chi connectivity index (χ1n) is 5.01. The Morgan fingerprint density at radius 1 is 1.11 bits per heavy atom. The van der Waals surface area contributed by atoms with Crippen LogP contribution in [0.2, 0.25) is 0 Å². The molecule has 1 heterocycles. The summed E-state index contributed by atoms with van der Waals surface area (Å²) in [4.78, 5) is 46.9. The van der Waals surface area contributed by atoms with Gasteiger partial charge in [-0.2, -0.15) is 0 Å². The number of anilines is 1. The minimum Gasteiger partial charge on any atom is -0.299 e. The topological polar surface area (TPSA) is 71.5 Å². The summed E-state index contributed by atoms with van der Waals surface area (Å²) < 4.78 is 0. The molecule has 1 atom stereocenters. The van der Waals surface area contributed by atoms with E-state index in [4.69, 9.17) is 0 Å². The van der Waals surface area contributed by atoms with Crippen LogP contribution in [0.4, 0.5) is 5.69 Å². The molecule has 1 unspecified atom stereocenters. The molecule has 0 N–H and O–H groups in total. The number of amides is 2. The van der Waals surface area contributed by atoms with Gasteiger partial charge in [0, 0.05) is 0 Å². The van der Waals surface area contributed by atoms with Crippen LogP contribution in [0, 0.1) is 5.92 Å². The van der Waals surface area contributed by atoms with Crippen LogP contribution < -0.4 is 34.5 Å². The van der Waals surface area contributed by atoms with E-state index in [9.17, 15) is 19.2 Å². The molecule has 0 radical (unpaired) electrons. The molecule has 1 aliphatic rings. The van der Waals surface area contributed by atoms with Gasteiger partial charge in [-0.25, -0.2) is 4.90 Å². The van der Waals surface area contributed by atoms with Gasteiger partial charge in [-0.15, -0.1) is 0 Å². The summed E-state index contributed by atoms with van der Waals surface area (Å²) in [6.45, 7) is 1.13. The maximum atomic E-state index is 11.8. The zero-order valence-electron chi connectivity index (χ0n) is 10.0. The van der Waals surface area contributed by atoms with Crippen molar-refractivity contribution in [1.29, 1.82) is 0 Å². The number of Topliss-reactive ketones (excluding diaryl/α,β-unsaturated/α-hetero) is 2. The molecular weight excluding hydrogens is 245 g/mol. The molecule has 1 aromatic rings. The van der Waals surface area contributed by atoms with Crippen molar-refractivity contribution >= 4 is 29.1 Å². The van der Waals surface area contributed by atoms with Crippen molar-refractivity contribution in [3.63, 3.8) is 0 Å². The van der Waals surface area contributed by atoms with E-state index < -0.39 is 29.3 Å². The van der Waals surface area contributed by atoms with Gasteiger partial charge in [0.2, 0.25) is 5.78 Å². The van der Waals surface area contributed by atoms with Crippen molar-refractivity contribution in [1.82, 2.24) is 0 Å². The third-order valence-corrected chi connectivity index (χ3v) is 2.56. The van der Waals surface area contributed by atoms with Gasteiger partial charge < -0.3 is 0 Å². The molecule has 2 rings (SSSR count). The number of hydrogen-bond acceptors (Lipinski definition) is 4. The standard InChI is InChI=1S/C12H9NO4.Na/c1-7(14)9-10(15)12(17)13(11(9)16)8-5-3-2-4-6-8;/h2-6,9H,1H3;/q;+1. The summed E-state index contributed by atoms with van der Waals surface area (Å²) in [6.07, 6.45) is 0. The minimum atomic E-state index is -1.47.